The zero-order valence-corrected chi connectivity index (χ0v) is 14.9. The molecule has 0 atom stereocenters. The molecule has 2 rings (SSSR count). The Hall–Kier alpha value is -1.60. The predicted molar refractivity (Wildman–Crippen MR) is 87.7 cm³/mol. The second-order valence-corrected chi connectivity index (χ2v) is 8.62. The Bertz CT molecular complexity index is 654. The number of sulfonamides is 1. The number of ether oxygens (including phenoxy) is 1. The van der Waals surface area contributed by atoms with E-state index in [9.17, 15) is 13.2 Å². The van der Waals surface area contributed by atoms with Gasteiger partial charge in [0.25, 0.3) is 0 Å². The molecule has 1 aliphatic rings. The number of aryl methyl sites for hydroxylation is 1. The maximum absolute atomic E-state index is 12.6. The van der Waals surface area contributed by atoms with E-state index in [1.165, 1.54) is 4.31 Å². The first-order valence-corrected chi connectivity index (χ1v) is 9.08. The van der Waals surface area contributed by atoms with E-state index in [0.29, 0.717) is 13.1 Å². The number of rotatable bonds is 2. The summed E-state index contributed by atoms with van der Waals surface area (Å²) in [6.07, 6.45) is -0.398. The molecule has 1 heterocycles. The summed E-state index contributed by atoms with van der Waals surface area (Å²) in [7, 11) is -3.51. The number of benzene rings is 1. The second-order valence-electron chi connectivity index (χ2n) is 6.68. The summed E-state index contributed by atoms with van der Waals surface area (Å²) >= 11 is 0. The van der Waals surface area contributed by atoms with E-state index >= 15 is 0 Å². The minimum absolute atomic E-state index is 0.273. The lowest BCUT2D eigenvalue weighted by Gasteiger charge is -2.34. The van der Waals surface area contributed by atoms with Gasteiger partial charge in [0.15, 0.2) is 0 Å². The molecular weight excluding hydrogens is 316 g/mol. The Labute approximate surface area is 138 Å². The van der Waals surface area contributed by atoms with Gasteiger partial charge in [-0.15, -0.1) is 0 Å². The van der Waals surface area contributed by atoms with Crippen LogP contribution in [0.4, 0.5) is 4.79 Å². The number of nitrogens with zero attached hydrogens (tertiary/aromatic N) is 2. The molecule has 0 N–H and O–H groups in total. The van der Waals surface area contributed by atoms with Gasteiger partial charge in [-0.1, -0.05) is 17.7 Å². The summed E-state index contributed by atoms with van der Waals surface area (Å²) in [4.78, 5) is 13.8. The molecule has 1 aliphatic heterocycles. The molecule has 1 saturated heterocycles. The molecule has 1 aromatic rings. The van der Waals surface area contributed by atoms with E-state index in [2.05, 4.69) is 0 Å². The molecule has 0 aromatic heterocycles. The molecule has 1 fully saturated rings. The van der Waals surface area contributed by atoms with Crippen LogP contribution in [0.15, 0.2) is 29.2 Å². The van der Waals surface area contributed by atoms with Crippen LogP contribution in [0.2, 0.25) is 0 Å². The lowest BCUT2D eigenvalue weighted by Crippen LogP contribution is -2.51. The van der Waals surface area contributed by atoms with Crippen LogP contribution in [0.25, 0.3) is 0 Å². The average molecular weight is 340 g/mol. The van der Waals surface area contributed by atoms with Crippen molar-refractivity contribution >= 4 is 16.1 Å². The zero-order chi connectivity index (χ0) is 17.3. The van der Waals surface area contributed by atoms with Crippen molar-refractivity contribution in [3.63, 3.8) is 0 Å². The van der Waals surface area contributed by atoms with Crippen LogP contribution in [0, 0.1) is 6.92 Å². The van der Waals surface area contributed by atoms with Crippen molar-refractivity contribution in [1.29, 1.82) is 0 Å². The smallest absolute Gasteiger partial charge is 0.410 e. The summed E-state index contributed by atoms with van der Waals surface area (Å²) in [5, 5.41) is 0. The molecule has 6 nitrogen and oxygen atoms in total. The van der Waals surface area contributed by atoms with Crippen LogP contribution >= 0.6 is 0 Å². The maximum atomic E-state index is 12.6. The van der Waals surface area contributed by atoms with Gasteiger partial charge >= 0.3 is 6.09 Å². The van der Waals surface area contributed by atoms with E-state index in [1.807, 2.05) is 27.7 Å². The number of hydrogen-bond donors (Lipinski definition) is 0. The first kappa shape index (κ1) is 17.7. The van der Waals surface area contributed by atoms with Crippen molar-refractivity contribution in [2.45, 2.75) is 38.2 Å². The third-order valence-corrected chi connectivity index (χ3v) is 5.46. The topological polar surface area (TPSA) is 66.9 Å². The fraction of sp³-hybridized carbons (Fsp3) is 0.562. The maximum Gasteiger partial charge on any atom is 0.410 e. The van der Waals surface area contributed by atoms with Gasteiger partial charge in [0.2, 0.25) is 10.0 Å². The summed E-state index contributed by atoms with van der Waals surface area (Å²) in [5.74, 6) is 0. The predicted octanol–water partition coefficient (Wildman–Crippen LogP) is 2.24. The first-order valence-electron chi connectivity index (χ1n) is 7.64. The standard InChI is InChI=1S/C16H24N2O4S/c1-13-5-7-14(8-6-13)23(20,21)18-11-9-17(10-12-18)15(19)22-16(2,3)4/h5-8H,9-12H2,1-4H3. The highest BCUT2D eigenvalue weighted by Crippen LogP contribution is 2.19. The monoisotopic (exact) mass is 340 g/mol. The van der Waals surface area contributed by atoms with Crippen molar-refractivity contribution in [2.24, 2.45) is 0 Å². The molecule has 0 spiro atoms. The fourth-order valence-corrected chi connectivity index (χ4v) is 3.72. The summed E-state index contributed by atoms with van der Waals surface area (Å²) in [6, 6.07) is 6.80. The quantitative estimate of drug-likeness (QED) is 0.828. The van der Waals surface area contributed by atoms with E-state index in [4.69, 9.17) is 4.74 Å². The van der Waals surface area contributed by atoms with Crippen molar-refractivity contribution in [1.82, 2.24) is 9.21 Å². The Kier molecular flexibility index (Phi) is 5.01. The van der Waals surface area contributed by atoms with Crippen molar-refractivity contribution in [2.75, 3.05) is 26.2 Å². The van der Waals surface area contributed by atoms with Crippen molar-refractivity contribution in [3.05, 3.63) is 29.8 Å². The molecule has 1 aromatic carbocycles. The molecule has 1 amide bonds. The van der Waals surface area contributed by atoms with E-state index in [1.54, 1.807) is 29.2 Å². The highest BCUT2D eigenvalue weighted by Gasteiger charge is 2.31. The Morgan fingerprint density at radius 3 is 2.04 bits per heavy atom. The van der Waals surface area contributed by atoms with Crippen molar-refractivity contribution in [3.8, 4) is 0 Å². The SMILES string of the molecule is Cc1ccc(S(=O)(=O)N2CCN(C(=O)OC(C)(C)C)CC2)cc1. The number of hydrogen-bond acceptors (Lipinski definition) is 4. The van der Waals surface area contributed by atoms with Crippen LogP contribution in [-0.2, 0) is 14.8 Å². The van der Waals surface area contributed by atoms with Crippen LogP contribution in [-0.4, -0.2) is 55.5 Å². The molecule has 128 valence electrons. The number of piperazine rings is 1. The fourth-order valence-electron chi connectivity index (χ4n) is 2.30. The first-order chi connectivity index (χ1) is 10.6. The van der Waals surface area contributed by atoms with Crippen molar-refractivity contribution < 1.29 is 17.9 Å². The van der Waals surface area contributed by atoms with Gasteiger partial charge in [-0.25, -0.2) is 13.2 Å². The van der Waals surface area contributed by atoms with Gasteiger partial charge in [-0.05, 0) is 39.8 Å². The summed E-state index contributed by atoms with van der Waals surface area (Å²) < 4.78 is 31.9. The third kappa shape index (κ3) is 4.45. The Morgan fingerprint density at radius 2 is 1.57 bits per heavy atom. The van der Waals surface area contributed by atoms with E-state index in [-0.39, 0.29) is 18.0 Å². The Morgan fingerprint density at radius 1 is 1.04 bits per heavy atom. The van der Waals surface area contributed by atoms with E-state index < -0.39 is 21.7 Å². The lowest BCUT2D eigenvalue weighted by atomic mass is 10.2. The average Bonchev–Trinajstić information content (AvgIpc) is 2.46. The zero-order valence-electron chi connectivity index (χ0n) is 14.1. The van der Waals surface area contributed by atoms with Gasteiger partial charge in [-0.2, -0.15) is 4.31 Å². The van der Waals surface area contributed by atoms with Crippen LogP contribution in [0.5, 0.6) is 0 Å². The molecular formula is C16H24N2O4S. The van der Waals surface area contributed by atoms with Crippen LogP contribution < -0.4 is 0 Å². The highest BCUT2D eigenvalue weighted by molar-refractivity contribution is 7.89. The molecule has 0 aliphatic carbocycles. The van der Waals surface area contributed by atoms with Gasteiger partial charge in [0, 0.05) is 26.2 Å². The number of amides is 1. The molecule has 23 heavy (non-hydrogen) atoms. The van der Waals surface area contributed by atoms with Gasteiger partial charge < -0.3 is 9.64 Å². The molecule has 0 radical (unpaired) electrons. The lowest BCUT2D eigenvalue weighted by molar-refractivity contribution is 0.0192. The number of carbonyl (C=O) groups excluding carboxylic acids is 1. The highest BCUT2D eigenvalue weighted by atomic mass is 32.2. The van der Waals surface area contributed by atoms with Gasteiger partial charge in [0.05, 0.1) is 4.90 Å². The van der Waals surface area contributed by atoms with Crippen LogP contribution in [0.1, 0.15) is 26.3 Å². The molecule has 0 unspecified atom stereocenters. The minimum Gasteiger partial charge on any atom is -0.444 e. The largest absolute Gasteiger partial charge is 0.444 e. The summed E-state index contributed by atoms with van der Waals surface area (Å²) in [5.41, 5.74) is 0.459. The molecule has 7 heteroatoms. The normalized spacial score (nSPS) is 17.1. The summed E-state index contributed by atoms with van der Waals surface area (Å²) in [6.45, 7) is 8.55. The molecule has 0 bridgehead atoms. The second kappa shape index (κ2) is 6.49. The van der Waals surface area contributed by atoms with Gasteiger partial charge in [-0.3, -0.25) is 0 Å². The number of carbonyl (C=O) groups is 1. The minimum atomic E-state index is -3.51. The van der Waals surface area contributed by atoms with Crippen LogP contribution in [0.3, 0.4) is 0 Å². The van der Waals surface area contributed by atoms with E-state index in [0.717, 1.165) is 5.56 Å². The molecule has 0 saturated carbocycles. The Balaban J connectivity index is 2.01. The van der Waals surface area contributed by atoms with Gasteiger partial charge in [0.1, 0.15) is 5.60 Å². The third-order valence-electron chi connectivity index (χ3n) is 3.55.